The maximum atomic E-state index is 11.6. The number of carboxylic acid groups (broad SMARTS) is 1. The van der Waals surface area contributed by atoms with Gasteiger partial charge < -0.3 is 21.1 Å². The quantitative estimate of drug-likeness (QED) is 0.490. The van der Waals surface area contributed by atoms with Crippen LogP contribution in [0.2, 0.25) is 0 Å². The zero-order chi connectivity index (χ0) is 15.7. The molecule has 2 unspecified atom stereocenters. The molecule has 0 heterocycles. The second-order valence-electron chi connectivity index (χ2n) is 4.78. The summed E-state index contributed by atoms with van der Waals surface area (Å²) in [7, 11) is 0. The van der Waals surface area contributed by atoms with Crippen LogP contribution in [0.3, 0.4) is 0 Å². The average Bonchev–Trinajstić information content (AvgIpc) is 2.34. The Labute approximate surface area is 118 Å². The third kappa shape index (κ3) is 7.26. The monoisotopic (exact) mass is 283 g/mol. The fourth-order valence-corrected chi connectivity index (χ4v) is 1.24. The van der Waals surface area contributed by atoms with Gasteiger partial charge in [0, 0.05) is 13.0 Å². The largest absolute Gasteiger partial charge is 0.480 e. The Morgan fingerprint density at radius 2 is 1.80 bits per heavy atom. The van der Waals surface area contributed by atoms with Crippen LogP contribution in [-0.4, -0.2) is 41.6 Å². The molecule has 112 valence electrons. The van der Waals surface area contributed by atoms with E-state index in [2.05, 4.69) is 21.9 Å². The van der Waals surface area contributed by atoms with Crippen LogP contribution < -0.4 is 16.0 Å². The Balaban J connectivity index is 4.28. The van der Waals surface area contributed by atoms with Crippen LogP contribution in [0.15, 0.2) is 0 Å². The molecule has 0 saturated heterocycles. The first-order chi connectivity index (χ1) is 9.27. The first kappa shape index (κ1) is 17.8. The molecule has 0 aromatic heterocycles. The predicted molar refractivity (Wildman–Crippen MR) is 73.9 cm³/mol. The minimum absolute atomic E-state index is 0.128. The van der Waals surface area contributed by atoms with Crippen molar-refractivity contribution in [2.75, 3.05) is 6.54 Å². The number of rotatable bonds is 7. The molecule has 7 heteroatoms. The lowest BCUT2D eigenvalue weighted by atomic mass is 10.2. The molecule has 7 nitrogen and oxygen atoms in total. The predicted octanol–water partition coefficient (Wildman–Crippen LogP) is -0.0772. The summed E-state index contributed by atoms with van der Waals surface area (Å²) in [6.45, 7) is 5.90. The molecule has 0 aromatic rings. The van der Waals surface area contributed by atoms with Crippen molar-refractivity contribution in [1.29, 1.82) is 0 Å². The molecular formula is C13H21N3O4. The van der Waals surface area contributed by atoms with E-state index in [1.54, 1.807) is 0 Å². The molecule has 0 radical (unpaired) electrons. The van der Waals surface area contributed by atoms with E-state index in [1.165, 1.54) is 6.92 Å². The minimum atomic E-state index is -1.23. The number of hydrogen-bond donors (Lipinski definition) is 4. The van der Waals surface area contributed by atoms with Crippen LogP contribution in [0.1, 0.15) is 27.2 Å². The molecule has 0 fully saturated rings. The first-order valence-electron chi connectivity index (χ1n) is 6.29. The summed E-state index contributed by atoms with van der Waals surface area (Å²) in [6.07, 6.45) is 4.88. The van der Waals surface area contributed by atoms with Gasteiger partial charge in [0.2, 0.25) is 5.91 Å². The van der Waals surface area contributed by atoms with Crippen LogP contribution in [0, 0.1) is 18.3 Å². The van der Waals surface area contributed by atoms with E-state index >= 15 is 0 Å². The van der Waals surface area contributed by atoms with E-state index in [9.17, 15) is 14.4 Å². The van der Waals surface area contributed by atoms with Gasteiger partial charge >= 0.3 is 12.0 Å². The number of carbonyl (C=O) groups is 3. The molecule has 0 rings (SSSR count). The van der Waals surface area contributed by atoms with Gasteiger partial charge in [-0.25, -0.2) is 9.59 Å². The van der Waals surface area contributed by atoms with Crippen LogP contribution in [0.4, 0.5) is 4.79 Å². The lowest BCUT2D eigenvalue weighted by molar-refractivity contribution is -0.139. The molecular weight excluding hydrogens is 262 g/mol. The highest BCUT2D eigenvalue weighted by molar-refractivity contribution is 5.88. The van der Waals surface area contributed by atoms with E-state index < -0.39 is 24.1 Å². The summed E-state index contributed by atoms with van der Waals surface area (Å²) in [5, 5.41) is 16.0. The fourth-order valence-electron chi connectivity index (χ4n) is 1.24. The molecule has 3 amide bonds. The summed E-state index contributed by atoms with van der Waals surface area (Å²) in [6, 6.07) is -2.69. The Morgan fingerprint density at radius 3 is 2.25 bits per heavy atom. The second-order valence-corrected chi connectivity index (χ2v) is 4.78. The van der Waals surface area contributed by atoms with Crippen molar-refractivity contribution >= 4 is 17.9 Å². The van der Waals surface area contributed by atoms with Crippen molar-refractivity contribution in [2.45, 2.75) is 39.3 Å². The summed E-state index contributed by atoms with van der Waals surface area (Å²) in [5.41, 5.74) is 0. The lowest BCUT2D eigenvalue weighted by Gasteiger charge is -2.17. The zero-order valence-corrected chi connectivity index (χ0v) is 11.9. The molecule has 0 aliphatic rings. The number of amides is 3. The molecule has 0 saturated carbocycles. The highest BCUT2D eigenvalue weighted by Crippen LogP contribution is 1.92. The van der Waals surface area contributed by atoms with Gasteiger partial charge in [0.25, 0.3) is 0 Å². The average molecular weight is 283 g/mol. The highest BCUT2D eigenvalue weighted by atomic mass is 16.4. The summed E-state index contributed by atoms with van der Waals surface area (Å²) in [4.78, 5) is 34.0. The van der Waals surface area contributed by atoms with E-state index in [0.29, 0.717) is 12.5 Å². The molecule has 4 N–H and O–H groups in total. The standard InChI is InChI=1S/C13H21N3O4/c1-5-6-10(12(18)19)16-13(20)15-9(4)11(17)14-7-8(2)3/h1,8-10H,6-7H2,2-4H3,(H,14,17)(H,18,19)(H2,15,16,20). The van der Waals surface area contributed by atoms with Crippen molar-refractivity contribution in [3.8, 4) is 12.3 Å². The third-order valence-electron chi connectivity index (χ3n) is 2.35. The molecule has 20 heavy (non-hydrogen) atoms. The number of terminal acetylenes is 1. The number of carbonyl (C=O) groups excluding carboxylic acids is 2. The van der Waals surface area contributed by atoms with Crippen molar-refractivity contribution in [1.82, 2.24) is 16.0 Å². The third-order valence-corrected chi connectivity index (χ3v) is 2.35. The van der Waals surface area contributed by atoms with Crippen LogP contribution in [0.25, 0.3) is 0 Å². The Morgan fingerprint density at radius 1 is 1.20 bits per heavy atom. The van der Waals surface area contributed by atoms with Crippen molar-refractivity contribution < 1.29 is 19.5 Å². The van der Waals surface area contributed by atoms with E-state index in [1.807, 2.05) is 13.8 Å². The second kappa shape index (κ2) is 8.80. The number of nitrogens with one attached hydrogen (secondary N) is 3. The first-order valence-corrected chi connectivity index (χ1v) is 6.29. The summed E-state index contributed by atoms with van der Waals surface area (Å²) >= 11 is 0. The van der Waals surface area contributed by atoms with E-state index in [-0.39, 0.29) is 12.3 Å². The van der Waals surface area contributed by atoms with Gasteiger partial charge in [-0.3, -0.25) is 4.79 Å². The molecule has 0 bridgehead atoms. The van der Waals surface area contributed by atoms with Gasteiger partial charge in [-0.1, -0.05) is 13.8 Å². The maximum absolute atomic E-state index is 11.6. The lowest BCUT2D eigenvalue weighted by Crippen LogP contribution is -2.52. The fraction of sp³-hybridized carbons (Fsp3) is 0.615. The van der Waals surface area contributed by atoms with Crippen molar-refractivity contribution in [3.05, 3.63) is 0 Å². The molecule has 0 spiro atoms. The summed E-state index contributed by atoms with van der Waals surface area (Å²) in [5.74, 6) is 0.897. The number of urea groups is 1. The van der Waals surface area contributed by atoms with Crippen LogP contribution >= 0.6 is 0 Å². The van der Waals surface area contributed by atoms with E-state index in [0.717, 1.165) is 0 Å². The van der Waals surface area contributed by atoms with Crippen molar-refractivity contribution in [3.63, 3.8) is 0 Å². The maximum Gasteiger partial charge on any atom is 0.327 e. The molecule has 0 aliphatic heterocycles. The topological polar surface area (TPSA) is 108 Å². The molecule has 0 aromatic carbocycles. The SMILES string of the molecule is C#CCC(NC(=O)NC(C)C(=O)NCC(C)C)C(=O)O. The van der Waals surface area contributed by atoms with Gasteiger partial charge in [-0.15, -0.1) is 12.3 Å². The Bertz CT molecular complexity index is 401. The number of carboxylic acids is 1. The van der Waals surface area contributed by atoms with Gasteiger partial charge in [0.1, 0.15) is 12.1 Å². The van der Waals surface area contributed by atoms with Gasteiger partial charge in [-0.05, 0) is 12.8 Å². The van der Waals surface area contributed by atoms with Crippen LogP contribution in [-0.2, 0) is 9.59 Å². The highest BCUT2D eigenvalue weighted by Gasteiger charge is 2.21. The molecule has 2 atom stereocenters. The smallest absolute Gasteiger partial charge is 0.327 e. The van der Waals surface area contributed by atoms with Crippen molar-refractivity contribution in [2.24, 2.45) is 5.92 Å². The van der Waals surface area contributed by atoms with Gasteiger partial charge in [0.05, 0.1) is 0 Å². The van der Waals surface area contributed by atoms with Gasteiger partial charge in [0.15, 0.2) is 0 Å². The van der Waals surface area contributed by atoms with Gasteiger partial charge in [-0.2, -0.15) is 0 Å². The molecule has 0 aliphatic carbocycles. The normalized spacial score (nSPS) is 12.9. The number of aliphatic carboxylic acids is 1. The Kier molecular flexibility index (Phi) is 7.82. The number of hydrogen-bond acceptors (Lipinski definition) is 3. The summed E-state index contributed by atoms with van der Waals surface area (Å²) < 4.78 is 0. The Hall–Kier alpha value is -2.23. The zero-order valence-electron chi connectivity index (χ0n) is 11.9. The van der Waals surface area contributed by atoms with Crippen LogP contribution in [0.5, 0.6) is 0 Å². The minimum Gasteiger partial charge on any atom is -0.480 e. The van der Waals surface area contributed by atoms with E-state index in [4.69, 9.17) is 11.5 Å².